The molecule has 1 aliphatic heterocycles. The summed E-state index contributed by atoms with van der Waals surface area (Å²) in [5.74, 6) is 0.678. The van der Waals surface area contributed by atoms with Crippen LogP contribution in [0.1, 0.15) is 30.1 Å². The number of anilines is 2. The molecule has 0 bridgehead atoms. The molecule has 0 saturated carbocycles. The number of hydrogen-bond donors (Lipinski definition) is 2. The van der Waals surface area contributed by atoms with Crippen molar-refractivity contribution in [2.24, 2.45) is 5.92 Å². The maximum atomic E-state index is 12.5. The van der Waals surface area contributed by atoms with Crippen molar-refractivity contribution in [3.8, 4) is 0 Å². The fraction of sp³-hybridized carbons (Fsp3) is 0.333. The number of likely N-dealkylation sites (tertiary alicyclic amines) is 1. The van der Waals surface area contributed by atoms with Gasteiger partial charge in [0.25, 0.3) is 5.91 Å². The third-order valence-electron chi connectivity index (χ3n) is 4.71. The molecule has 3 rings (SSSR count). The molecule has 1 aliphatic rings. The second-order valence-corrected chi connectivity index (χ2v) is 6.82. The Labute approximate surface area is 154 Å². The summed E-state index contributed by atoms with van der Waals surface area (Å²) in [6, 6.07) is 16.7. The van der Waals surface area contributed by atoms with Crippen LogP contribution in [0.5, 0.6) is 0 Å². The topological polar surface area (TPSA) is 61.4 Å². The van der Waals surface area contributed by atoms with E-state index in [4.69, 9.17) is 0 Å². The fourth-order valence-corrected chi connectivity index (χ4v) is 3.03. The van der Waals surface area contributed by atoms with Crippen LogP contribution >= 0.6 is 0 Å². The standard InChI is InChI=1S/C21H25N3O2/c1-16-11-13-24(14-12-16)21(26)17-7-9-18(10-8-17)22-15-20(25)23-19-5-3-2-4-6-19/h2-10,16,22H,11-15H2,1H3,(H,23,25). The zero-order chi connectivity index (χ0) is 18.4. The van der Waals surface area contributed by atoms with Crippen LogP contribution < -0.4 is 10.6 Å². The van der Waals surface area contributed by atoms with Crippen LogP contribution in [0.2, 0.25) is 0 Å². The SMILES string of the molecule is CC1CCN(C(=O)c2ccc(NCC(=O)Nc3ccccc3)cc2)CC1. The second-order valence-electron chi connectivity index (χ2n) is 6.82. The quantitative estimate of drug-likeness (QED) is 0.865. The first-order valence-corrected chi connectivity index (χ1v) is 9.10. The number of piperidine rings is 1. The van der Waals surface area contributed by atoms with Crippen molar-refractivity contribution in [1.29, 1.82) is 0 Å². The van der Waals surface area contributed by atoms with Crippen molar-refractivity contribution in [2.75, 3.05) is 30.3 Å². The molecule has 0 radical (unpaired) electrons. The van der Waals surface area contributed by atoms with Gasteiger partial charge in [-0.2, -0.15) is 0 Å². The molecular formula is C21H25N3O2. The van der Waals surface area contributed by atoms with Crippen LogP contribution in [0.3, 0.4) is 0 Å². The maximum absolute atomic E-state index is 12.5. The first-order chi connectivity index (χ1) is 12.6. The highest BCUT2D eigenvalue weighted by molar-refractivity contribution is 5.95. The van der Waals surface area contributed by atoms with Crippen LogP contribution in [0, 0.1) is 5.92 Å². The number of benzene rings is 2. The van der Waals surface area contributed by atoms with Crippen LogP contribution in [-0.4, -0.2) is 36.3 Å². The number of para-hydroxylation sites is 1. The van der Waals surface area contributed by atoms with Gasteiger partial charge < -0.3 is 15.5 Å². The minimum atomic E-state index is -0.112. The molecule has 1 fully saturated rings. The number of hydrogen-bond acceptors (Lipinski definition) is 3. The lowest BCUT2D eigenvalue weighted by Gasteiger charge is -2.30. The Morgan fingerprint density at radius 2 is 1.62 bits per heavy atom. The Morgan fingerprint density at radius 1 is 0.962 bits per heavy atom. The molecule has 0 unspecified atom stereocenters. The Kier molecular flexibility index (Phi) is 5.89. The number of carbonyl (C=O) groups is 2. The summed E-state index contributed by atoms with van der Waals surface area (Å²) in [5.41, 5.74) is 2.28. The smallest absolute Gasteiger partial charge is 0.253 e. The van der Waals surface area contributed by atoms with Crippen molar-refractivity contribution < 1.29 is 9.59 Å². The number of amides is 2. The number of nitrogens with one attached hydrogen (secondary N) is 2. The average Bonchev–Trinajstić information content (AvgIpc) is 2.68. The van der Waals surface area contributed by atoms with E-state index in [0.29, 0.717) is 11.5 Å². The Bertz CT molecular complexity index is 736. The van der Waals surface area contributed by atoms with Crippen LogP contribution in [0.4, 0.5) is 11.4 Å². The second kappa shape index (κ2) is 8.52. The van der Waals surface area contributed by atoms with Crippen LogP contribution in [0.25, 0.3) is 0 Å². The minimum absolute atomic E-state index is 0.0882. The predicted octanol–water partition coefficient (Wildman–Crippen LogP) is 3.61. The molecule has 2 aromatic carbocycles. The van der Waals surface area contributed by atoms with Gasteiger partial charge in [0, 0.05) is 30.0 Å². The summed E-state index contributed by atoms with van der Waals surface area (Å²) in [7, 11) is 0. The summed E-state index contributed by atoms with van der Waals surface area (Å²) in [4.78, 5) is 26.4. The van der Waals surface area contributed by atoms with E-state index >= 15 is 0 Å². The van der Waals surface area contributed by atoms with E-state index in [2.05, 4.69) is 17.6 Å². The van der Waals surface area contributed by atoms with Gasteiger partial charge in [0.15, 0.2) is 0 Å². The molecule has 1 heterocycles. The molecule has 2 aromatic rings. The molecule has 136 valence electrons. The summed E-state index contributed by atoms with van der Waals surface area (Å²) in [5, 5.41) is 5.91. The molecule has 1 saturated heterocycles. The van der Waals surface area contributed by atoms with Gasteiger partial charge in [-0.1, -0.05) is 25.1 Å². The minimum Gasteiger partial charge on any atom is -0.376 e. The molecule has 5 nitrogen and oxygen atoms in total. The van der Waals surface area contributed by atoms with Crippen LogP contribution in [-0.2, 0) is 4.79 Å². The third kappa shape index (κ3) is 4.85. The number of rotatable bonds is 5. The lowest BCUT2D eigenvalue weighted by Crippen LogP contribution is -2.37. The van der Waals surface area contributed by atoms with Crippen molar-refractivity contribution in [2.45, 2.75) is 19.8 Å². The van der Waals surface area contributed by atoms with E-state index in [0.717, 1.165) is 37.3 Å². The van der Waals surface area contributed by atoms with E-state index in [-0.39, 0.29) is 18.4 Å². The molecule has 0 atom stereocenters. The van der Waals surface area contributed by atoms with E-state index in [9.17, 15) is 9.59 Å². The molecular weight excluding hydrogens is 326 g/mol. The molecule has 5 heteroatoms. The first-order valence-electron chi connectivity index (χ1n) is 9.10. The number of nitrogens with zero attached hydrogens (tertiary/aromatic N) is 1. The largest absolute Gasteiger partial charge is 0.376 e. The van der Waals surface area contributed by atoms with Gasteiger partial charge in [0.05, 0.1) is 6.54 Å². The molecule has 0 aromatic heterocycles. The van der Waals surface area contributed by atoms with Gasteiger partial charge >= 0.3 is 0 Å². The Hall–Kier alpha value is -2.82. The highest BCUT2D eigenvalue weighted by Gasteiger charge is 2.21. The summed E-state index contributed by atoms with van der Waals surface area (Å²) in [6.45, 7) is 4.07. The molecule has 26 heavy (non-hydrogen) atoms. The molecule has 2 N–H and O–H groups in total. The van der Waals surface area contributed by atoms with Crippen LogP contribution in [0.15, 0.2) is 54.6 Å². The maximum Gasteiger partial charge on any atom is 0.253 e. The average molecular weight is 351 g/mol. The molecule has 2 amide bonds. The van der Waals surface area contributed by atoms with Crippen molar-refractivity contribution in [3.05, 3.63) is 60.2 Å². The zero-order valence-electron chi connectivity index (χ0n) is 15.1. The van der Waals surface area contributed by atoms with Crippen molar-refractivity contribution >= 4 is 23.2 Å². The van der Waals surface area contributed by atoms with Crippen molar-refractivity contribution in [1.82, 2.24) is 4.90 Å². The third-order valence-corrected chi connectivity index (χ3v) is 4.71. The monoisotopic (exact) mass is 351 g/mol. The highest BCUT2D eigenvalue weighted by atomic mass is 16.2. The fourth-order valence-electron chi connectivity index (χ4n) is 3.03. The predicted molar refractivity (Wildman–Crippen MR) is 104 cm³/mol. The zero-order valence-corrected chi connectivity index (χ0v) is 15.1. The lowest BCUT2D eigenvalue weighted by atomic mass is 9.98. The lowest BCUT2D eigenvalue weighted by molar-refractivity contribution is -0.114. The first kappa shape index (κ1) is 18.0. The Balaban J connectivity index is 1.49. The molecule has 0 spiro atoms. The van der Waals surface area contributed by atoms with E-state index in [1.165, 1.54) is 0 Å². The van der Waals surface area contributed by atoms with Crippen molar-refractivity contribution in [3.63, 3.8) is 0 Å². The van der Waals surface area contributed by atoms with Gasteiger partial charge in [-0.15, -0.1) is 0 Å². The van der Waals surface area contributed by atoms with Gasteiger partial charge in [-0.05, 0) is 55.2 Å². The van der Waals surface area contributed by atoms with E-state index in [1.54, 1.807) is 0 Å². The van der Waals surface area contributed by atoms with Gasteiger partial charge in [-0.3, -0.25) is 9.59 Å². The van der Waals surface area contributed by atoms with Gasteiger partial charge in [0.2, 0.25) is 5.91 Å². The Morgan fingerprint density at radius 3 is 2.27 bits per heavy atom. The number of carbonyl (C=O) groups excluding carboxylic acids is 2. The van der Waals surface area contributed by atoms with Gasteiger partial charge in [-0.25, -0.2) is 0 Å². The highest BCUT2D eigenvalue weighted by Crippen LogP contribution is 2.19. The summed E-state index contributed by atoms with van der Waals surface area (Å²) in [6.07, 6.45) is 2.14. The van der Waals surface area contributed by atoms with E-state index < -0.39 is 0 Å². The molecule has 0 aliphatic carbocycles. The summed E-state index contributed by atoms with van der Waals surface area (Å²) < 4.78 is 0. The summed E-state index contributed by atoms with van der Waals surface area (Å²) >= 11 is 0. The van der Waals surface area contributed by atoms with E-state index in [1.807, 2.05) is 59.5 Å². The normalized spacial score (nSPS) is 14.7. The van der Waals surface area contributed by atoms with Gasteiger partial charge in [0.1, 0.15) is 0 Å².